The second kappa shape index (κ2) is 5.80. The van der Waals surface area contributed by atoms with E-state index in [0.29, 0.717) is 0 Å². The first-order valence-electron chi connectivity index (χ1n) is 6.52. The Morgan fingerprint density at radius 1 is 1.32 bits per heavy atom. The summed E-state index contributed by atoms with van der Waals surface area (Å²) >= 11 is 0. The van der Waals surface area contributed by atoms with Gasteiger partial charge in [0.2, 0.25) is 0 Å². The molecule has 0 amide bonds. The molecule has 1 heterocycles. The number of methoxy groups -OCH3 is 2. The molecule has 1 N–H and O–H groups in total. The molecule has 0 saturated carbocycles. The molecular formula is C15H22O4. The maximum atomic E-state index is 9.71. The molecule has 1 atom stereocenters. The van der Waals surface area contributed by atoms with Gasteiger partial charge < -0.3 is 19.3 Å². The van der Waals surface area contributed by atoms with Crippen molar-refractivity contribution in [2.24, 2.45) is 5.41 Å². The van der Waals surface area contributed by atoms with Crippen LogP contribution in [0.5, 0.6) is 11.5 Å². The number of aliphatic hydroxyl groups is 1. The van der Waals surface area contributed by atoms with Gasteiger partial charge in [0.05, 0.1) is 34.0 Å². The largest absolute Gasteiger partial charge is 0.497 e. The smallest absolute Gasteiger partial charge is 0.122 e. The Morgan fingerprint density at radius 2 is 2.05 bits per heavy atom. The van der Waals surface area contributed by atoms with Crippen LogP contribution in [0.1, 0.15) is 24.8 Å². The molecule has 2 rings (SSSR count). The summed E-state index contributed by atoms with van der Waals surface area (Å²) in [5, 5.41) is 9.71. The lowest BCUT2D eigenvalue weighted by molar-refractivity contribution is -0.110. The molecular weight excluding hydrogens is 244 g/mol. The Balaban J connectivity index is 2.25. The van der Waals surface area contributed by atoms with E-state index in [2.05, 4.69) is 6.92 Å². The Labute approximate surface area is 114 Å². The molecule has 0 spiro atoms. The van der Waals surface area contributed by atoms with Crippen molar-refractivity contribution in [3.63, 3.8) is 0 Å². The molecule has 4 nitrogen and oxygen atoms in total. The fraction of sp³-hybridized carbons (Fsp3) is 0.600. The molecule has 1 aromatic rings. The summed E-state index contributed by atoms with van der Waals surface area (Å²) < 4.78 is 15.9. The van der Waals surface area contributed by atoms with Crippen molar-refractivity contribution in [2.75, 3.05) is 34.0 Å². The van der Waals surface area contributed by atoms with Crippen molar-refractivity contribution in [1.82, 2.24) is 0 Å². The van der Waals surface area contributed by atoms with Gasteiger partial charge in [-0.2, -0.15) is 0 Å². The molecule has 0 bridgehead atoms. The molecule has 1 aliphatic rings. The summed E-state index contributed by atoms with van der Waals surface area (Å²) in [6, 6.07) is 5.70. The Kier molecular flexibility index (Phi) is 4.32. The highest BCUT2D eigenvalue weighted by molar-refractivity contribution is 5.42. The first-order chi connectivity index (χ1) is 9.11. The van der Waals surface area contributed by atoms with E-state index < -0.39 is 0 Å². The lowest BCUT2D eigenvalue weighted by atomic mass is 9.77. The van der Waals surface area contributed by atoms with E-state index in [1.54, 1.807) is 14.2 Å². The van der Waals surface area contributed by atoms with Crippen molar-refractivity contribution < 1.29 is 19.3 Å². The molecule has 1 unspecified atom stereocenters. The molecule has 1 aliphatic heterocycles. The fourth-order valence-electron chi connectivity index (χ4n) is 2.59. The lowest BCUT2D eigenvalue weighted by Gasteiger charge is -2.40. The lowest BCUT2D eigenvalue weighted by Crippen LogP contribution is -2.41. The third kappa shape index (κ3) is 3.01. The van der Waals surface area contributed by atoms with Crippen LogP contribution in [0.15, 0.2) is 18.2 Å². The summed E-state index contributed by atoms with van der Waals surface area (Å²) in [6.07, 6.45) is 0.882. The van der Waals surface area contributed by atoms with Crippen molar-refractivity contribution in [2.45, 2.75) is 19.3 Å². The van der Waals surface area contributed by atoms with Gasteiger partial charge in [0.15, 0.2) is 0 Å². The quantitative estimate of drug-likeness (QED) is 0.857. The van der Waals surface area contributed by atoms with Crippen LogP contribution in [0.4, 0.5) is 0 Å². The summed E-state index contributed by atoms with van der Waals surface area (Å²) in [5.74, 6) is 1.62. The number of benzene rings is 1. The van der Waals surface area contributed by atoms with E-state index in [1.165, 1.54) is 0 Å². The van der Waals surface area contributed by atoms with E-state index in [-0.39, 0.29) is 17.9 Å². The molecule has 1 fully saturated rings. The summed E-state index contributed by atoms with van der Waals surface area (Å²) in [5.41, 5.74) is 1.15. The Bertz CT molecular complexity index is 426. The third-order valence-corrected chi connectivity index (χ3v) is 3.74. The summed E-state index contributed by atoms with van der Waals surface area (Å²) in [7, 11) is 3.29. The number of aliphatic hydroxyl groups excluding tert-OH is 1. The fourth-order valence-corrected chi connectivity index (χ4v) is 2.59. The predicted octanol–water partition coefficient (Wildman–Crippen LogP) is 2.21. The minimum atomic E-state index is 0.0407. The monoisotopic (exact) mass is 266 g/mol. The molecule has 1 aromatic carbocycles. The highest BCUT2D eigenvalue weighted by atomic mass is 16.5. The van der Waals surface area contributed by atoms with Gasteiger partial charge in [-0.1, -0.05) is 6.92 Å². The summed E-state index contributed by atoms with van der Waals surface area (Å²) in [4.78, 5) is 0. The van der Waals surface area contributed by atoms with Gasteiger partial charge in [-0.25, -0.2) is 0 Å². The maximum absolute atomic E-state index is 9.71. The van der Waals surface area contributed by atoms with Crippen LogP contribution in [0.2, 0.25) is 0 Å². The second-order valence-electron chi connectivity index (χ2n) is 5.49. The van der Waals surface area contributed by atoms with Gasteiger partial charge >= 0.3 is 0 Å². The highest BCUT2D eigenvalue weighted by Gasteiger charge is 2.36. The first kappa shape index (κ1) is 14.2. The van der Waals surface area contributed by atoms with Gasteiger partial charge in [-0.05, 0) is 24.6 Å². The zero-order chi connectivity index (χ0) is 13.9. The zero-order valence-electron chi connectivity index (χ0n) is 11.8. The molecule has 0 radical (unpaired) electrons. The Morgan fingerprint density at radius 3 is 2.53 bits per heavy atom. The van der Waals surface area contributed by atoms with E-state index in [1.807, 2.05) is 18.2 Å². The van der Waals surface area contributed by atoms with E-state index >= 15 is 0 Å². The molecule has 106 valence electrons. The van der Waals surface area contributed by atoms with Crippen molar-refractivity contribution in [3.8, 4) is 11.5 Å². The number of hydrogen-bond acceptors (Lipinski definition) is 4. The zero-order valence-corrected chi connectivity index (χ0v) is 11.8. The maximum Gasteiger partial charge on any atom is 0.122 e. The van der Waals surface area contributed by atoms with Crippen LogP contribution < -0.4 is 9.47 Å². The van der Waals surface area contributed by atoms with Crippen molar-refractivity contribution in [3.05, 3.63) is 23.8 Å². The van der Waals surface area contributed by atoms with Gasteiger partial charge in [-0.3, -0.25) is 0 Å². The van der Waals surface area contributed by atoms with Crippen LogP contribution in [-0.4, -0.2) is 39.1 Å². The molecule has 4 heteroatoms. The number of hydrogen-bond donors (Lipinski definition) is 1. The molecule has 1 saturated heterocycles. The minimum absolute atomic E-state index is 0.0407. The third-order valence-electron chi connectivity index (χ3n) is 3.74. The normalized spacial score (nSPS) is 18.5. The van der Waals surface area contributed by atoms with Crippen molar-refractivity contribution in [1.29, 1.82) is 0 Å². The van der Waals surface area contributed by atoms with Crippen molar-refractivity contribution >= 4 is 0 Å². The van der Waals surface area contributed by atoms with Gasteiger partial charge in [0, 0.05) is 16.9 Å². The van der Waals surface area contributed by atoms with Crippen LogP contribution in [-0.2, 0) is 4.74 Å². The van der Waals surface area contributed by atoms with E-state index in [9.17, 15) is 5.11 Å². The molecule has 0 aliphatic carbocycles. The van der Waals surface area contributed by atoms with Crippen LogP contribution in [0.3, 0.4) is 0 Å². The average Bonchev–Trinajstić information content (AvgIpc) is 2.42. The SMILES string of the molecule is COc1ccc(OC)c(C(CO)CC2(C)COC2)c1. The second-order valence-corrected chi connectivity index (χ2v) is 5.49. The minimum Gasteiger partial charge on any atom is -0.497 e. The van der Waals surface area contributed by atoms with Gasteiger partial charge in [0.1, 0.15) is 11.5 Å². The topological polar surface area (TPSA) is 47.9 Å². The highest BCUT2D eigenvalue weighted by Crippen LogP contribution is 2.40. The number of ether oxygens (including phenoxy) is 3. The van der Waals surface area contributed by atoms with E-state index in [0.717, 1.165) is 36.7 Å². The van der Waals surface area contributed by atoms with E-state index in [4.69, 9.17) is 14.2 Å². The van der Waals surface area contributed by atoms with Crippen LogP contribution in [0.25, 0.3) is 0 Å². The van der Waals surface area contributed by atoms with Gasteiger partial charge in [0.25, 0.3) is 0 Å². The molecule has 0 aromatic heterocycles. The van der Waals surface area contributed by atoms with Crippen LogP contribution in [0, 0.1) is 5.41 Å². The Hall–Kier alpha value is -1.26. The van der Waals surface area contributed by atoms with Crippen LogP contribution >= 0.6 is 0 Å². The predicted molar refractivity (Wildman–Crippen MR) is 72.9 cm³/mol. The molecule has 19 heavy (non-hydrogen) atoms. The first-order valence-corrected chi connectivity index (χ1v) is 6.52. The number of rotatable bonds is 6. The van der Waals surface area contributed by atoms with Gasteiger partial charge in [-0.15, -0.1) is 0 Å². The average molecular weight is 266 g/mol. The standard InChI is InChI=1S/C15H22O4/c1-15(9-19-10-15)7-11(8-16)13-6-12(17-2)4-5-14(13)18-3/h4-6,11,16H,7-10H2,1-3H3. The summed E-state index contributed by atoms with van der Waals surface area (Å²) in [6.45, 7) is 3.80.